The lowest BCUT2D eigenvalue weighted by Crippen LogP contribution is -2.22. The van der Waals surface area contributed by atoms with Crippen LogP contribution in [-0.2, 0) is 11.2 Å². The van der Waals surface area contributed by atoms with E-state index in [-0.39, 0.29) is 17.5 Å². The van der Waals surface area contributed by atoms with E-state index in [0.717, 1.165) is 11.3 Å². The first-order chi connectivity index (χ1) is 13.0. The summed E-state index contributed by atoms with van der Waals surface area (Å²) in [4.78, 5) is 29.2. The Morgan fingerprint density at radius 1 is 1.19 bits per heavy atom. The van der Waals surface area contributed by atoms with Crippen LogP contribution >= 0.6 is 0 Å². The first-order valence-corrected chi connectivity index (χ1v) is 8.91. The van der Waals surface area contributed by atoms with Crippen molar-refractivity contribution in [2.24, 2.45) is 0 Å². The molecule has 1 N–H and O–H groups in total. The highest BCUT2D eigenvalue weighted by atomic mass is 16.5. The summed E-state index contributed by atoms with van der Waals surface area (Å²) < 4.78 is 6.71. The van der Waals surface area contributed by atoms with Crippen LogP contribution < -0.4 is 15.6 Å². The second-order valence-corrected chi connectivity index (χ2v) is 6.68. The van der Waals surface area contributed by atoms with Crippen molar-refractivity contribution < 1.29 is 9.53 Å². The van der Waals surface area contributed by atoms with Crippen molar-refractivity contribution in [1.29, 1.82) is 0 Å². The van der Waals surface area contributed by atoms with Crippen molar-refractivity contribution in [2.75, 3.05) is 12.4 Å². The molecule has 0 saturated carbocycles. The number of hydrogen-bond donors (Lipinski definition) is 1. The Hall–Kier alpha value is -3.15. The summed E-state index contributed by atoms with van der Waals surface area (Å²) in [6.45, 7) is 3.86. The second-order valence-electron chi connectivity index (χ2n) is 6.68. The van der Waals surface area contributed by atoms with E-state index in [0.29, 0.717) is 29.4 Å². The number of hydrogen-bond acceptors (Lipinski definition) is 4. The lowest BCUT2D eigenvalue weighted by Gasteiger charge is -2.11. The summed E-state index contributed by atoms with van der Waals surface area (Å²) >= 11 is 0. The predicted molar refractivity (Wildman–Crippen MR) is 106 cm³/mol. The molecule has 2 aromatic carbocycles. The highest BCUT2D eigenvalue weighted by Gasteiger charge is 2.09. The largest absolute Gasteiger partial charge is 0.497 e. The van der Waals surface area contributed by atoms with Gasteiger partial charge in [-0.1, -0.05) is 12.1 Å². The van der Waals surface area contributed by atoms with Crippen molar-refractivity contribution >= 4 is 22.5 Å². The first-order valence-electron chi connectivity index (χ1n) is 8.91. The van der Waals surface area contributed by atoms with Gasteiger partial charge in [0.1, 0.15) is 5.75 Å². The number of rotatable bonds is 6. The molecule has 3 rings (SSSR count). The number of nitrogens with zero attached hydrogens (tertiary/aromatic N) is 2. The van der Waals surface area contributed by atoms with Crippen molar-refractivity contribution in [2.45, 2.75) is 32.7 Å². The predicted octanol–water partition coefficient (Wildman–Crippen LogP) is 3.56. The number of aromatic nitrogens is 2. The molecule has 0 spiro atoms. The number of amides is 1. The molecule has 0 atom stereocenters. The molecule has 0 bridgehead atoms. The summed E-state index contributed by atoms with van der Waals surface area (Å²) in [5, 5.41) is 3.36. The fraction of sp³-hybridized carbons (Fsp3) is 0.286. The molecule has 0 aliphatic carbocycles. The average Bonchev–Trinajstić information content (AvgIpc) is 2.67. The smallest absolute Gasteiger partial charge is 0.261 e. The van der Waals surface area contributed by atoms with Gasteiger partial charge in [-0.2, -0.15) is 0 Å². The quantitative estimate of drug-likeness (QED) is 0.725. The Morgan fingerprint density at radius 3 is 2.59 bits per heavy atom. The Morgan fingerprint density at radius 2 is 1.93 bits per heavy atom. The Kier molecular flexibility index (Phi) is 5.54. The minimum Gasteiger partial charge on any atom is -0.497 e. The number of carbonyl (C=O) groups is 1. The summed E-state index contributed by atoms with van der Waals surface area (Å²) in [5.74, 6) is 0.693. The van der Waals surface area contributed by atoms with Gasteiger partial charge in [-0.3, -0.25) is 14.2 Å². The number of anilines is 1. The number of methoxy groups -OCH3 is 1. The summed E-state index contributed by atoms with van der Waals surface area (Å²) in [5.41, 5.74) is 2.17. The summed E-state index contributed by atoms with van der Waals surface area (Å²) in [6.07, 6.45) is 2.54. The Balaban J connectivity index is 1.70. The van der Waals surface area contributed by atoms with Crippen LogP contribution in [0.15, 0.2) is 53.6 Å². The maximum atomic E-state index is 12.6. The van der Waals surface area contributed by atoms with E-state index < -0.39 is 0 Å². The van der Waals surface area contributed by atoms with Crippen LogP contribution in [0.5, 0.6) is 5.75 Å². The lowest BCUT2D eigenvalue weighted by molar-refractivity contribution is -0.116. The highest BCUT2D eigenvalue weighted by Crippen LogP contribution is 2.16. The highest BCUT2D eigenvalue weighted by molar-refractivity contribution is 5.93. The zero-order valence-corrected chi connectivity index (χ0v) is 15.7. The molecule has 140 valence electrons. The molecule has 0 radical (unpaired) electrons. The lowest BCUT2D eigenvalue weighted by atomic mass is 10.1. The first kappa shape index (κ1) is 18.6. The van der Waals surface area contributed by atoms with Gasteiger partial charge in [-0.25, -0.2) is 4.98 Å². The number of fused-ring (bicyclic) bond motifs is 1. The fourth-order valence-corrected chi connectivity index (χ4v) is 2.85. The molecule has 0 aliphatic heterocycles. The molecular weight excluding hydrogens is 342 g/mol. The van der Waals surface area contributed by atoms with Gasteiger partial charge in [-0.15, -0.1) is 0 Å². The third-order valence-electron chi connectivity index (χ3n) is 4.42. The monoisotopic (exact) mass is 365 g/mol. The van der Waals surface area contributed by atoms with Gasteiger partial charge >= 0.3 is 0 Å². The van der Waals surface area contributed by atoms with E-state index in [4.69, 9.17) is 4.74 Å². The maximum Gasteiger partial charge on any atom is 0.261 e. The van der Waals surface area contributed by atoms with Crippen LogP contribution in [0.3, 0.4) is 0 Å². The van der Waals surface area contributed by atoms with E-state index in [1.807, 2.05) is 38.1 Å². The van der Waals surface area contributed by atoms with Gasteiger partial charge in [0.2, 0.25) is 5.91 Å². The third-order valence-corrected chi connectivity index (χ3v) is 4.42. The topological polar surface area (TPSA) is 73.2 Å². The minimum atomic E-state index is -0.107. The van der Waals surface area contributed by atoms with Gasteiger partial charge in [0.25, 0.3) is 5.56 Å². The average molecular weight is 365 g/mol. The van der Waals surface area contributed by atoms with Gasteiger partial charge in [0, 0.05) is 18.2 Å². The Bertz CT molecular complexity index is 1010. The van der Waals surface area contributed by atoms with Crippen molar-refractivity contribution in [3.05, 3.63) is 64.7 Å². The molecule has 0 unspecified atom stereocenters. The molecule has 1 aromatic heterocycles. The summed E-state index contributed by atoms with van der Waals surface area (Å²) in [7, 11) is 1.62. The van der Waals surface area contributed by atoms with Gasteiger partial charge < -0.3 is 10.1 Å². The van der Waals surface area contributed by atoms with Crippen LogP contribution in [0.2, 0.25) is 0 Å². The fourth-order valence-electron chi connectivity index (χ4n) is 2.85. The van der Waals surface area contributed by atoms with E-state index in [2.05, 4.69) is 10.3 Å². The summed E-state index contributed by atoms with van der Waals surface area (Å²) in [6, 6.07) is 12.9. The van der Waals surface area contributed by atoms with Crippen LogP contribution in [-0.4, -0.2) is 22.6 Å². The molecule has 0 aliphatic rings. The van der Waals surface area contributed by atoms with E-state index in [9.17, 15) is 9.59 Å². The number of aryl methyl sites for hydroxylation is 1. The molecule has 6 heteroatoms. The van der Waals surface area contributed by atoms with E-state index in [1.165, 1.54) is 0 Å². The van der Waals surface area contributed by atoms with Gasteiger partial charge in [-0.05, 0) is 56.2 Å². The minimum absolute atomic E-state index is 0.0251. The molecule has 1 heterocycles. The van der Waals surface area contributed by atoms with Crippen LogP contribution in [0.25, 0.3) is 10.9 Å². The van der Waals surface area contributed by atoms with Crippen molar-refractivity contribution in [3.8, 4) is 5.75 Å². The molecular formula is C21H23N3O3. The van der Waals surface area contributed by atoms with E-state index >= 15 is 0 Å². The van der Waals surface area contributed by atoms with E-state index in [1.54, 1.807) is 36.2 Å². The Labute approximate surface area is 157 Å². The standard InChI is InChI=1S/C21H23N3O3/c1-14(2)24-13-22-19-10-7-16(12-18(19)21(24)26)23-20(25)11-6-15-4-8-17(27-3)9-5-15/h4-5,7-10,12-14H,6,11H2,1-3H3,(H,23,25). The molecule has 0 fully saturated rings. The zero-order valence-electron chi connectivity index (χ0n) is 15.7. The molecule has 3 aromatic rings. The van der Waals surface area contributed by atoms with Crippen LogP contribution in [0, 0.1) is 0 Å². The van der Waals surface area contributed by atoms with Crippen molar-refractivity contribution in [1.82, 2.24) is 9.55 Å². The number of nitrogens with one attached hydrogen (secondary N) is 1. The zero-order chi connectivity index (χ0) is 19.4. The molecule has 27 heavy (non-hydrogen) atoms. The van der Waals surface area contributed by atoms with Gasteiger partial charge in [0.15, 0.2) is 0 Å². The molecule has 1 amide bonds. The second kappa shape index (κ2) is 8.03. The maximum absolute atomic E-state index is 12.6. The third kappa shape index (κ3) is 4.34. The number of carbonyl (C=O) groups excluding carboxylic acids is 1. The number of benzene rings is 2. The van der Waals surface area contributed by atoms with Crippen LogP contribution in [0.4, 0.5) is 5.69 Å². The molecule has 6 nitrogen and oxygen atoms in total. The van der Waals surface area contributed by atoms with Crippen LogP contribution in [0.1, 0.15) is 31.9 Å². The molecule has 0 saturated heterocycles. The normalized spacial score (nSPS) is 11.0. The number of ether oxygens (including phenoxy) is 1. The van der Waals surface area contributed by atoms with Crippen molar-refractivity contribution in [3.63, 3.8) is 0 Å². The van der Waals surface area contributed by atoms with Gasteiger partial charge in [0.05, 0.1) is 24.3 Å². The SMILES string of the molecule is COc1ccc(CCC(=O)Nc2ccc3ncn(C(C)C)c(=O)c3c2)cc1.